The first-order valence-electron chi connectivity index (χ1n) is 6.92. The van der Waals surface area contributed by atoms with E-state index < -0.39 is 0 Å². The summed E-state index contributed by atoms with van der Waals surface area (Å²) in [6.45, 7) is 3.39. The van der Waals surface area contributed by atoms with E-state index in [1.807, 2.05) is 0 Å². The maximum absolute atomic E-state index is 3.67. The Kier molecular flexibility index (Phi) is 5.25. The summed E-state index contributed by atoms with van der Waals surface area (Å²) in [5.74, 6) is 0. The molecule has 4 heteroatoms. The van der Waals surface area contributed by atoms with E-state index in [1.165, 1.54) is 29.3 Å². The van der Waals surface area contributed by atoms with Crippen molar-refractivity contribution in [3.63, 3.8) is 0 Å². The van der Waals surface area contributed by atoms with Crippen LogP contribution in [0.5, 0.6) is 0 Å². The minimum atomic E-state index is 0. The number of hydrogen-bond acceptors (Lipinski definition) is 2. The van der Waals surface area contributed by atoms with Gasteiger partial charge in [0, 0.05) is 23.1 Å². The first-order valence-corrected chi connectivity index (χ1v) is 6.92. The number of aromatic amines is 1. The number of H-pyrrole nitrogens is 1. The second kappa shape index (κ2) is 6.94. The molecule has 1 saturated heterocycles. The van der Waals surface area contributed by atoms with Gasteiger partial charge in [0.2, 0.25) is 0 Å². The van der Waals surface area contributed by atoms with E-state index in [-0.39, 0.29) is 12.4 Å². The van der Waals surface area contributed by atoms with Gasteiger partial charge in [-0.25, -0.2) is 0 Å². The summed E-state index contributed by atoms with van der Waals surface area (Å²) in [5, 5.41) is 8.43. The molecule has 2 heterocycles. The van der Waals surface area contributed by atoms with Crippen LogP contribution in [-0.2, 0) is 6.42 Å². The third-order valence-corrected chi connectivity index (χ3v) is 3.84. The number of hydrogen-bond donors (Lipinski definition) is 3. The molecule has 1 aliphatic rings. The molecule has 0 bridgehead atoms. The van der Waals surface area contributed by atoms with E-state index in [9.17, 15) is 0 Å². The van der Waals surface area contributed by atoms with Gasteiger partial charge in [0.05, 0.1) is 0 Å². The van der Waals surface area contributed by atoms with E-state index in [0.717, 1.165) is 26.1 Å². The highest BCUT2D eigenvalue weighted by Crippen LogP contribution is 2.17. The van der Waals surface area contributed by atoms with Gasteiger partial charge in [-0.05, 0) is 50.5 Å². The molecule has 3 nitrogen and oxygen atoms in total. The monoisotopic (exact) mass is 279 g/mol. The number of fused-ring (bicyclic) bond motifs is 1. The van der Waals surface area contributed by atoms with E-state index in [0.29, 0.717) is 6.04 Å². The zero-order valence-corrected chi connectivity index (χ0v) is 11.9. The van der Waals surface area contributed by atoms with Crippen molar-refractivity contribution in [3.05, 3.63) is 36.0 Å². The minimum Gasteiger partial charge on any atom is -0.361 e. The number of piperidine rings is 1. The Hall–Kier alpha value is -1.03. The van der Waals surface area contributed by atoms with Crippen LogP contribution in [0.15, 0.2) is 30.5 Å². The van der Waals surface area contributed by atoms with Gasteiger partial charge in [-0.15, -0.1) is 12.4 Å². The summed E-state index contributed by atoms with van der Waals surface area (Å²) in [6.07, 6.45) is 5.77. The van der Waals surface area contributed by atoms with Gasteiger partial charge in [-0.2, -0.15) is 0 Å². The molecule has 104 valence electrons. The number of rotatable bonds is 4. The van der Waals surface area contributed by atoms with Crippen LogP contribution in [0, 0.1) is 0 Å². The zero-order valence-electron chi connectivity index (χ0n) is 11.1. The summed E-state index contributed by atoms with van der Waals surface area (Å²) < 4.78 is 0. The number of aromatic nitrogens is 1. The Morgan fingerprint density at radius 2 is 1.95 bits per heavy atom. The SMILES string of the molecule is Cl.c1ccc2c(CCNC3CCNCC3)c[nH]c2c1. The van der Waals surface area contributed by atoms with Gasteiger partial charge in [0.15, 0.2) is 0 Å². The predicted molar refractivity (Wildman–Crippen MR) is 83.1 cm³/mol. The molecule has 2 aromatic rings. The van der Waals surface area contributed by atoms with Crippen LogP contribution in [0.1, 0.15) is 18.4 Å². The maximum Gasteiger partial charge on any atom is 0.0456 e. The Balaban J connectivity index is 0.00000133. The van der Waals surface area contributed by atoms with Gasteiger partial charge >= 0.3 is 0 Å². The molecule has 0 spiro atoms. The van der Waals surface area contributed by atoms with Crippen LogP contribution < -0.4 is 10.6 Å². The average molecular weight is 280 g/mol. The molecule has 1 fully saturated rings. The Morgan fingerprint density at radius 3 is 2.79 bits per heavy atom. The third kappa shape index (κ3) is 3.50. The number of halogens is 1. The first kappa shape index (κ1) is 14.4. The second-order valence-corrected chi connectivity index (χ2v) is 5.09. The fraction of sp³-hybridized carbons (Fsp3) is 0.467. The van der Waals surface area contributed by atoms with Crippen molar-refractivity contribution >= 4 is 23.3 Å². The smallest absolute Gasteiger partial charge is 0.0456 e. The van der Waals surface area contributed by atoms with E-state index >= 15 is 0 Å². The molecule has 1 aromatic heterocycles. The third-order valence-electron chi connectivity index (χ3n) is 3.84. The minimum absolute atomic E-state index is 0. The summed E-state index contributed by atoms with van der Waals surface area (Å²) in [5.41, 5.74) is 2.67. The Labute approximate surface area is 120 Å². The molecule has 3 rings (SSSR count). The van der Waals surface area contributed by atoms with Crippen LogP contribution >= 0.6 is 12.4 Å². The summed E-state index contributed by atoms with van der Waals surface area (Å²) in [6, 6.07) is 9.23. The van der Waals surface area contributed by atoms with Crippen molar-refractivity contribution in [1.29, 1.82) is 0 Å². The topological polar surface area (TPSA) is 39.8 Å². The Bertz CT molecular complexity index is 503. The summed E-state index contributed by atoms with van der Waals surface area (Å²) in [7, 11) is 0. The van der Waals surface area contributed by atoms with Gasteiger partial charge in [-0.3, -0.25) is 0 Å². The number of para-hydroxylation sites is 1. The predicted octanol–water partition coefficient (Wildman–Crippen LogP) is 2.47. The van der Waals surface area contributed by atoms with Crippen LogP contribution in [0.3, 0.4) is 0 Å². The van der Waals surface area contributed by atoms with Crippen molar-refractivity contribution < 1.29 is 0 Å². The standard InChI is InChI=1S/C15H21N3.ClH/c1-2-4-15-14(3-1)12(11-18-15)5-10-17-13-6-8-16-9-7-13;/h1-4,11,13,16-18H,5-10H2;1H. The fourth-order valence-corrected chi connectivity index (χ4v) is 2.78. The molecular formula is C15H22ClN3. The molecule has 1 aliphatic heterocycles. The molecule has 19 heavy (non-hydrogen) atoms. The fourth-order valence-electron chi connectivity index (χ4n) is 2.78. The van der Waals surface area contributed by atoms with Gasteiger partial charge < -0.3 is 15.6 Å². The van der Waals surface area contributed by atoms with Crippen molar-refractivity contribution in [2.45, 2.75) is 25.3 Å². The van der Waals surface area contributed by atoms with Crippen molar-refractivity contribution in [1.82, 2.24) is 15.6 Å². The lowest BCUT2D eigenvalue weighted by Crippen LogP contribution is -2.40. The zero-order chi connectivity index (χ0) is 12.2. The lowest BCUT2D eigenvalue weighted by molar-refractivity contribution is 0.390. The van der Waals surface area contributed by atoms with Crippen molar-refractivity contribution in [3.8, 4) is 0 Å². The molecule has 1 aromatic carbocycles. The van der Waals surface area contributed by atoms with Crippen LogP contribution in [0.2, 0.25) is 0 Å². The molecule has 0 radical (unpaired) electrons. The van der Waals surface area contributed by atoms with E-state index in [4.69, 9.17) is 0 Å². The van der Waals surface area contributed by atoms with E-state index in [1.54, 1.807) is 0 Å². The summed E-state index contributed by atoms with van der Waals surface area (Å²) in [4.78, 5) is 3.34. The highest BCUT2D eigenvalue weighted by atomic mass is 35.5. The highest BCUT2D eigenvalue weighted by Gasteiger charge is 2.11. The van der Waals surface area contributed by atoms with Gasteiger partial charge in [0.25, 0.3) is 0 Å². The highest BCUT2D eigenvalue weighted by molar-refractivity contribution is 5.85. The van der Waals surface area contributed by atoms with Crippen LogP contribution in [0.25, 0.3) is 10.9 Å². The van der Waals surface area contributed by atoms with Crippen molar-refractivity contribution in [2.24, 2.45) is 0 Å². The number of nitrogens with one attached hydrogen (secondary N) is 3. The molecule has 0 saturated carbocycles. The number of benzene rings is 1. The molecule has 0 atom stereocenters. The lowest BCUT2D eigenvalue weighted by Gasteiger charge is -2.23. The quantitative estimate of drug-likeness (QED) is 0.805. The summed E-state index contributed by atoms with van der Waals surface area (Å²) >= 11 is 0. The molecule has 3 N–H and O–H groups in total. The lowest BCUT2D eigenvalue weighted by atomic mass is 10.1. The van der Waals surface area contributed by atoms with E-state index in [2.05, 4.69) is 46.1 Å². The van der Waals surface area contributed by atoms with Gasteiger partial charge in [-0.1, -0.05) is 18.2 Å². The first-order chi connectivity index (χ1) is 8.93. The normalized spacial score (nSPS) is 16.4. The second-order valence-electron chi connectivity index (χ2n) is 5.09. The maximum atomic E-state index is 3.67. The van der Waals surface area contributed by atoms with Crippen LogP contribution in [0.4, 0.5) is 0 Å². The Morgan fingerprint density at radius 1 is 1.16 bits per heavy atom. The van der Waals surface area contributed by atoms with Crippen molar-refractivity contribution in [2.75, 3.05) is 19.6 Å². The molecule has 0 amide bonds. The molecule has 0 aliphatic carbocycles. The molecular weight excluding hydrogens is 258 g/mol. The van der Waals surface area contributed by atoms with Crippen LogP contribution in [-0.4, -0.2) is 30.7 Å². The largest absolute Gasteiger partial charge is 0.361 e. The van der Waals surface area contributed by atoms with Gasteiger partial charge in [0.1, 0.15) is 0 Å². The molecule has 0 unspecified atom stereocenters. The average Bonchev–Trinajstić information content (AvgIpc) is 2.84.